The number of aliphatic imine (C=N–C) groups is 1. The molecule has 0 aromatic heterocycles. The summed E-state index contributed by atoms with van der Waals surface area (Å²) in [6, 6.07) is 15.9. The van der Waals surface area contributed by atoms with Crippen LogP contribution in [0, 0.1) is 0 Å². The monoisotopic (exact) mass is 265 g/mol. The second-order valence-corrected chi connectivity index (χ2v) is 4.88. The Bertz CT molecular complexity index is 657. The van der Waals surface area contributed by atoms with Gasteiger partial charge < -0.3 is 11.5 Å². The van der Waals surface area contributed by atoms with E-state index < -0.39 is 5.92 Å². The third-order valence-electron chi connectivity index (χ3n) is 3.60. The second-order valence-electron chi connectivity index (χ2n) is 4.88. The maximum atomic E-state index is 12.4. The van der Waals surface area contributed by atoms with Gasteiger partial charge in [-0.25, -0.2) is 0 Å². The summed E-state index contributed by atoms with van der Waals surface area (Å²) in [7, 11) is 0. The van der Waals surface area contributed by atoms with Crippen molar-refractivity contribution in [2.45, 2.75) is 12.3 Å². The molecular weight excluding hydrogens is 250 g/mol. The topological polar surface area (TPSA) is 81.5 Å². The fourth-order valence-electron chi connectivity index (χ4n) is 2.78. The summed E-state index contributed by atoms with van der Waals surface area (Å²) in [5, 5.41) is 0. The zero-order valence-electron chi connectivity index (χ0n) is 10.9. The Hall–Kier alpha value is -2.62. The van der Waals surface area contributed by atoms with Crippen molar-refractivity contribution in [2.24, 2.45) is 16.5 Å². The van der Waals surface area contributed by atoms with Crippen molar-refractivity contribution in [2.75, 3.05) is 0 Å². The minimum Gasteiger partial charge on any atom is -0.370 e. The summed E-state index contributed by atoms with van der Waals surface area (Å²) in [6.45, 7) is 0. The molecule has 3 rings (SSSR count). The summed E-state index contributed by atoms with van der Waals surface area (Å²) in [5.74, 6) is -0.932. The lowest BCUT2D eigenvalue weighted by Crippen LogP contribution is -2.27. The predicted molar refractivity (Wildman–Crippen MR) is 78.3 cm³/mol. The largest absolute Gasteiger partial charge is 0.370 e. The Morgan fingerprint density at radius 2 is 1.45 bits per heavy atom. The second kappa shape index (κ2) is 4.81. The van der Waals surface area contributed by atoms with Gasteiger partial charge in [0.05, 0.1) is 5.92 Å². The van der Waals surface area contributed by atoms with Crippen molar-refractivity contribution in [3.05, 3.63) is 70.8 Å². The highest BCUT2D eigenvalue weighted by Gasteiger charge is 2.30. The maximum Gasteiger partial charge on any atom is 0.260 e. The molecule has 20 heavy (non-hydrogen) atoms. The number of carbonyl (C=O) groups is 1. The number of hydrogen-bond acceptors (Lipinski definition) is 1. The molecule has 0 heterocycles. The molecule has 0 spiro atoms. The van der Waals surface area contributed by atoms with Crippen LogP contribution in [0.25, 0.3) is 0 Å². The van der Waals surface area contributed by atoms with E-state index in [0.29, 0.717) is 0 Å². The number of rotatable bonds is 1. The van der Waals surface area contributed by atoms with Crippen LogP contribution < -0.4 is 11.5 Å². The van der Waals surface area contributed by atoms with Crippen LogP contribution in [0.5, 0.6) is 0 Å². The molecule has 100 valence electrons. The molecule has 1 aliphatic rings. The van der Waals surface area contributed by atoms with E-state index in [1.165, 1.54) is 0 Å². The minimum atomic E-state index is -0.418. The minimum absolute atomic E-state index is 0.199. The lowest BCUT2D eigenvalue weighted by Gasteiger charge is -2.26. The van der Waals surface area contributed by atoms with E-state index in [4.69, 9.17) is 11.5 Å². The molecule has 1 amide bonds. The molecule has 4 N–H and O–H groups in total. The number of hydrogen-bond donors (Lipinski definition) is 2. The number of benzene rings is 2. The molecule has 0 saturated carbocycles. The van der Waals surface area contributed by atoms with Gasteiger partial charge in [0.25, 0.3) is 5.91 Å². The van der Waals surface area contributed by atoms with E-state index in [9.17, 15) is 4.79 Å². The average Bonchev–Trinajstić information content (AvgIpc) is 2.43. The first-order valence-corrected chi connectivity index (χ1v) is 6.46. The molecule has 0 unspecified atom stereocenters. The molecule has 2 aromatic rings. The Morgan fingerprint density at radius 1 is 0.950 bits per heavy atom. The average molecular weight is 265 g/mol. The Kier molecular flexibility index (Phi) is 2.99. The van der Waals surface area contributed by atoms with Crippen LogP contribution >= 0.6 is 0 Å². The summed E-state index contributed by atoms with van der Waals surface area (Å²) < 4.78 is 0. The number of carbonyl (C=O) groups excluding carboxylic acids is 1. The number of amides is 1. The SMILES string of the molecule is NC(N)=NC(=O)C1c2ccccc2Cc2ccccc21. The number of nitrogens with zero attached hydrogens (tertiary/aromatic N) is 1. The van der Waals surface area contributed by atoms with Gasteiger partial charge in [-0.15, -0.1) is 0 Å². The van der Waals surface area contributed by atoms with Crippen LogP contribution in [0.4, 0.5) is 0 Å². The maximum absolute atomic E-state index is 12.4. The van der Waals surface area contributed by atoms with Gasteiger partial charge in [0, 0.05) is 0 Å². The van der Waals surface area contributed by atoms with Crippen LogP contribution in [0.15, 0.2) is 53.5 Å². The molecule has 1 aliphatic carbocycles. The van der Waals surface area contributed by atoms with E-state index in [1.54, 1.807) is 0 Å². The first-order chi connectivity index (χ1) is 9.66. The molecule has 4 nitrogen and oxygen atoms in total. The number of nitrogens with two attached hydrogens (primary N) is 2. The summed E-state index contributed by atoms with van der Waals surface area (Å²) in [6.07, 6.45) is 0.831. The summed E-state index contributed by atoms with van der Waals surface area (Å²) in [5.41, 5.74) is 15.0. The van der Waals surface area contributed by atoms with E-state index in [2.05, 4.69) is 4.99 Å². The standard InChI is InChI=1S/C16H15N3O/c17-16(18)19-15(20)14-12-7-3-1-5-10(12)9-11-6-2-4-8-13(11)14/h1-8,14H,9H2,(H4,17,18,19,20). The quantitative estimate of drug-likeness (QED) is 0.606. The molecule has 0 bridgehead atoms. The molecule has 0 aliphatic heterocycles. The van der Waals surface area contributed by atoms with Gasteiger partial charge >= 0.3 is 0 Å². The third kappa shape index (κ3) is 2.05. The number of guanidine groups is 1. The normalized spacial score (nSPS) is 13.2. The van der Waals surface area contributed by atoms with Crippen molar-refractivity contribution in [3.8, 4) is 0 Å². The Balaban J connectivity index is 2.17. The van der Waals surface area contributed by atoms with E-state index >= 15 is 0 Å². The van der Waals surface area contributed by atoms with Crippen LogP contribution in [0.1, 0.15) is 28.2 Å². The Morgan fingerprint density at radius 3 is 1.95 bits per heavy atom. The van der Waals surface area contributed by atoms with Gasteiger partial charge in [0.15, 0.2) is 5.96 Å². The molecule has 0 radical (unpaired) electrons. The van der Waals surface area contributed by atoms with Gasteiger partial charge in [0.2, 0.25) is 0 Å². The highest BCUT2D eigenvalue weighted by atomic mass is 16.1. The van der Waals surface area contributed by atoms with Gasteiger partial charge in [-0.1, -0.05) is 48.5 Å². The Labute approximate surface area is 117 Å². The predicted octanol–water partition coefficient (Wildman–Crippen LogP) is 1.52. The fraction of sp³-hybridized carbons (Fsp3) is 0.125. The first kappa shape index (κ1) is 12.4. The van der Waals surface area contributed by atoms with Crippen LogP contribution in [-0.4, -0.2) is 11.9 Å². The van der Waals surface area contributed by atoms with Crippen LogP contribution in [0.3, 0.4) is 0 Å². The fourth-order valence-corrected chi connectivity index (χ4v) is 2.78. The highest BCUT2D eigenvalue weighted by Crippen LogP contribution is 2.37. The van der Waals surface area contributed by atoms with E-state index in [1.807, 2.05) is 48.5 Å². The summed E-state index contributed by atoms with van der Waals surface area (Å²) in [4.78, 5) is 16.1. The van der Waals surface area contributed by atoms with Crippen molar-refractivity contribution in [1.29, 1.82) is 0 Å². The summed E-state index contributed by atoms with van der Waals surface area (Å²) >= 11 is 0. The third-order valence-corrected chi connectivity index (χ3v) is 3.60. The molecule has 4 heteroatoms. The first-order valence-electron chi connectivity index (χ1n) is 6.46. The molecule has 0 fully saturated rings. The van der Waals surface area contributed by atoms with Gasteiger partial charge in [0.1, 0.15) is 0 Å². The van der Waals surface area contributed by atoms with Gasteiger partial charge in [-0.05, 0) is 28.7 Å². The van der Waals surface area contributed by atoms with Crippen molar-refractivity contribution in [3.63, 3.8) is 0 Å². The lowest BCUT2D eigenvalue weighted by atomic mass is 9.78. The molecular formula is C16H15N3O. The lowest BCUT2D eigenvalue weighted by molar-refractivity contribution is -0.118. The van der Waals surface area contributed by atoms with Crippen molar-refractivity contribution < 1.29 is 4.79 Å². The smallest absolute Gasteiger partial charge is 0.260 e. The van der Waals surface area contributed by atoms with Gasteiger partial charge in [-0.2, -0.15) is 4.99 Å². The van der Waals surface area contributed by atoms with Crippen LogP contribution in [0.2, 0.25) is 0 Å². The van der Waals surface area contributed by atoms with Crippen molar-refractivity contribution in [1.82, 2.24) is 0 Å². The van der Waals surface area contributed by atoms with Crippen LogP contribution in [-0.2, 0) is 11.2 Å². The molecule has 0 saturated heterocycles. The van der Waals surface area contributed by atoms with E-state index in [0.717, 1.165) is 28.7 Å². The number of fused-ring (bicyclic) bond motifs is 2. The molecule has 0 atom stereocenters. The highest BCUT2D eigenvalue weighted by molar-refractivity contribution is 5.97. The zero-order chi connectivity index (χ0) is 14.1. The zero-order valence-corrected chi connectivity index (χ0v) is 10.9. The van der Waals surface area contributed by atoms with Gasteiger partial charge in [-0.3, -0.25) is 4.79 Å². The molecule has 2 aromatic carbocycles. The van der Waals surface area contributed by atoms with Crippen molar-refractivity contribution >= 4 is 11.9 Å². The van der Waals surface area contributed by atoms with E-state index in [-0.39, 0.29) is 11.9 Å².